The van der Waals surface area contributed by atoms with Crippen LogP contribution in [0.2, 0.25) is 0 Å². The minimum atomic E-state index is -0.586. The predicted octanol–water partition coefficient (Wildman–Crippen LogP) is 3.48. The molecule has 0 N–H and O–H groups in total. The summed E-state index contributed by atoms with van der Waals surface area (Å²) in [6.07, 6.45) is 5.20. The number of hydrogen-bond donors (Lipinski definition) is 0. The van der Waals surface area contributed by atoms with Crippen LogP contribution < -0.4 is 20.1 Å². The lowest BCUT2D eigenvalue weighted by atomic mass is 9.67. The summed E-state index contributed by atoms with van der Waals surface area (Å²) in [5.41, 5.74) is 10.2. The van der Waals surface area contributed by atoms with Crippen LogP contribution in [-0.4, -0.2) is 73.9 Å². The average molecular weight is 674 g/mol. The third kappa shape index (κ3) is 5.24. The third-order valence-corrected chi connectivity index (χ3v) is 11.8. The van der Waals surface area contributed by atoms with Gasteiger partial charge < -0.3 is 14.6 Å². The highest BCUT2D eigenvalue weighted by Crippen LogP contribution is 2.44. The summed E-state index contributed by atoms with van der Waals surface area (Å²) in [4.78, 5) is 60.8. The lowest BCUT2D eigenvalue weighted by molar-refractivity contribution is -0.201. The van der Waals surface area contributed by atoms with Crippen molar-refractivity contribution in [1.82, 2.24) is 14.5 Å². The largest absolute Gasteiger partial charge is 0.374 e. The second-order valence-corrected chi connectivity index (χ2v) is 15.2. The maximum absolute atomic E-state index is 14.5. The summed E-state index contributed by atoms with van der Waals surface area (Å²) in [5, 5.41) is 3.11. The fourth-order valence-corrected chi connectivity index (χ4v) is 8.86. The standard InChI is InChI=1S/C41H45N4O5/c1-41(2)32-23-34-26(9-7-17-42(34)3)21-30(32)38(31-22-27-10-8-18-43(4)35(27)24-33(31)41)28-11-5-6-12-29(28)39(48)44-19-15-25(16-20-44)40(49)50-45-36(46)13-14-37(45)47/h5-6,11-12,21-25H,7-10,13-20H2,1-4H3/q+1. The molecular weight excluding hydrogens is 628 g/mol. The normalized spacial score (nSPS) is 20.0. The second-order valence-electron chi connectivity index (χ2n) is 15.2. The predicted molar refractivity (Wildman–Crippen MR) is 190 cm³/mol. The summed E-state index contributed by atoms with van der Waals surface area (Å²) in [6.45, 7) is 7.52. The molecule has 4 heterocycles. The van der Waals surface area contributed by atoms with Gasteiger partial charge in [-0.2, -0.15) is 0 Å². The number of aryl methyl sites for hydroxylation is 2. The van der Waals surface area contributed by atoms with Crippen molar-refractivity contribution in [3.05, 3.63) is 98.1 Å². The molecule has 0 bridgehead atoms. The first-order valence-electron chi connectivity index (χ1n) is 18.1. The van der Waals surface area contributed by atoms with E-state index in [0.29, 0.717) is 36.6 Å². The van der Waals surface area contributed by atoms with Crippen LogP contribution in [0.3, 0.4) is 0 Å². The van der Waals surface area contributed by atoms with E-state index in [1.54, 1.807) is 0 Å². The van der Waals surface area contributed by atoms with Gasteiger partial charge in [0.1, 0.15) is 13.6 Å². The summed E-state index contributed by atoms with van der Waals surface area (Å²) < 4.78 is 2.38. The van der Waals surface area contributed by atoms with Crippen molar-refractivity contribution in [1.29, 1.82) is 0 Å². The number of amides is 3. The number of hydroxylamine groups is 2. The van der Waals surface area contributed by atoms with Gasteiger partial charge in [-0.25, -0.2) is 9.37 Å². The smallest absolute Gasteiger partial charge is 0.336 e. The Labute approximate surface area is 292 Å². The Balaban J connectivity index is 1.21. The fraction of sp³-hybridized carbons (Fsp3) is 0.439. The van der Waals surface area contributed by atoms with E-state index in [2.05, 4.69) is 67.8 Å². The molecule has 258 valence electrons. The monoisotopic (exact) mass is 673 g/mol. The fourth-order valence-electron chi connectivity index (χ4n) is 8.86. The summed E-state index contributed by atoms with van der Waals surface area (Å²) in [5.74, 6) is -2.11. The van der Waals surface area contributed by atoms with Crippen LogP contribution in [0.25, 0.3) is 5.57 Å². The maximum Gasteiger partial charge on any atom is 0.336 e. The number of hydrogen-bond acceptors (Lipinski definition) is 6. The maximum atomic E-state index is 14.5. The Morgan fingerprint density at radius 1 is 0.840 bits per heavy atom. The molecule has 0 unspecified atom stereocenters. The van der Waals surface area contributed by atoms with Crippen LogP contribution in [-0.2, 0) is 37.5 Å². The van der Waals surface area contributed by atoms with E-state index in [0.717, 1.165) is 49.9 Å². The van der Waals surface area contributed by atoms with Crippen molar-refractivity contribution in [3.8, 4) is 0 Å². The van der Waals surface area contributed by atoms with E-state index >= 15 is 0 Å². The van der Waals surface area contributed by atoms with Gasteiger partial charge in [0.25, 0.3) is 17.7 Å². The molecule has 3 aromatic carbocycles. The number of fused-ring (bicyclic) bond motifs is 4. The molecule has 0 saturated carbocycles. The number of imide groups is 1. The highest BCUT2D eigenvalue weighted by molar-refractivity contribution is 6.03. The molecule has 1 aliphatic carbocycles. The molecule has 0 aromatic heterocycles. The van der Waals surface area contributed by atoms with Crippen molar-refractivity contribution < 1.29 is 24.0 Å². The number of rotatable bonds is 4. The molecule has 5 aliphatic rings. The zero-order valence-electron chi connectivity index (χ0n) is 29.5. The summed E-state index contributed by atoms with van der Waals surface area (Å²) in [6, 6.07) is 17.6. The summed E-state index contributed by atoms with van der Waals surface area (Å²) in [7, 11) is 4.37. The van der Waals surface area contributed by atoms with E-state index in [1.807, 2.05) is 23.1 Å². The molecule has 3 aromatic rings. The van der Waals surface area contributed by atoms with Gasteiger partial charge in [0.2, 0.25) is 5.36 Å². The highest BCUT2D eigenvalue weighted by atomic mass is 16.7. The number of carbonyl (C=O) groups excluding carboxylic acids is 4. The van der Waals surface area contributed by atoms with Gasteiger partial charge >= 0.3 is 5.97 Å². The first kappa shape index (κ1) is 32.4. The van der Waals surface area contributed by atoms with Crippen LogP contribution in [0.5, 0.6) is 0 Å². The zero-order chi connectivity index (χ0) is 34.9. The molecule has 8 rings (SSSR count). The Bertz CT molecular complexity index is 2090. The van der Waals surface area contributed by atoms with Crippen molar-refractivity contribution >= 4 is 35.0 Å². The van der Waals surface area contributed by atoms with Gasteiger partial charge in [-0.3, -0.25) is 14.4 Å². The highest BCUT2D eigenvalue weighted by Gasteiger charge is 2.39. The second kappa shape index (κ2) is 12.2. The molecule has 9 heteroatoms. The van der Waals surface area contributed by atoms with E-state index < -0.39 is 23.7 Å². The Morgan fingerprint density at radius 3 is 2.32 bits per heavy atom. The lowest BCUT2D eigenvalue weighted by Crippen LogP contribution is -2.43. The van der Waals surface area contributed by atoms with Gasteiger partial charge in [-0.15, -0.1) is 5.06 Å². The zero-order valence-corrected chi connectivity index (χ0v) is 29.5. The van der Waals surface area contributed by atoms with Crippen molar-refractivity contribution in [2.24, 2.45) is 5.92 Å². The van der Waals surface area contributed by atoms with Gasteiger partial charge in [0.15, 0.2) is 0 Å². The number of benzene rings is 3. The molecule has 2 saturated heterocycles. The van der Waals surface area contributed by atoms with Crippen LogP contribution in [0.15, 0.2) is 48.5 Å². The number of carbonyl (C=O) groups is 4. The van der Waals surface area contributed by atoms with E-state index in [-0.39, 0.29) is 24.2 Å². The quantitative estimate of drug-likeness (QED) is 0.312. The van der Waals surface area contributed by atoms with Crippen LogP contribution in [0, 0.1) is 5.92 Å². The van der Waals surface area contributed by atoms with Gasteiger partial charge in [-0.05, 0) is 95.0 Å². The molecule has 50 heavy (non-hydrogen) atoms. The van der Waals surface area contributed by atoms with Crippen LogP contribution in [0.4, 0.5) is 5.69 Å². The first-order chi connectivity index (χ1) is 24.0. The minimum Gasteiger partial charge on any atom is -0.374 e. The topological polar surface area (TPSA) is 90.2 Å². The number of anilines is 1. The number of piperidine rings is 1. The Kier molecular flexibility index (Phi) is 7.92. The molecule has 3 amide bonds. The number of likely N-dealkylation sites (tertiary alicyclic amines) is 1. The van der Waals surface area contributed by atoms with Gasteiger partial charge in [0, 0.05) is 74.2 Å². The van der Waals surface area contributed by atoms with E-state index in [1.165, 1.54) is 44.1 Å². The molecule has 2 fully saturated rings. The van der Waals surface area contributed by atoms with Crippen molar-refractivity contribution in [3.63, 3.8) is 0 Å². The van der Waals surface area contributed by atoms with E-state index in [4.69, 9.17) is 4.84 Å². The lowest BCUT2D eigenvalue weighted by Gasteiger charge is -2.38. The van der Waals surface area contributed by atoms with Gasteiger partial charge in [0.05, 0.1) is 5.92 Å². The Morgan fingerprint density at radius 2 is 1.56 bits per heavy atom. The average Bonchev–Trinajstić information content (AvgIpc) is 3.43. The van der Waals surface area contributed by atoms with Crippen molar-refractivity contribution in [2.45, 2.75) is 70.6 Å². The molecule has 9 nitrogen and oxygen atoms in total. The van der Waals surface area contributed by atoms with Crippen LogP contribution in [0.1, 0.15) is 96.1 Å². The molecule has 0 atom stereocenters. The van der Waals surface area contributed by atoms with Crippen molar-refractivity contribution in [2.75, 3.05) is 45.2 Å². The van der Waals surface area contributed by atoms with Crippen LogP contribution >= 0.6 is 0 Å². The Hall–Kier alpha value is -4.79. The minimum absolute atomic E-state index is 0.0585. The SMILES string of the molecule is CN1CCCc2cc3c(cc21)C(C)(C)c1cc2c(cc1=C3c1ccccc1C(=O)N1CCC(C(=O)ON3C(=O)CCC3=O)CC1)CCC[N+]=2C. The molecule has 4 aliphatic heterocycles. The van der Waals surface area contributed by atoms with E-state index in [9.17, 15) is 19.2 Å². The number of nitrogens with zero attached hydrogens (tertiary/aromatic N) is 4. The van der Waals surface area contributed by atoms with Gasteiger partial charge in [-0.1, -0.05) is 32.0 Å². The first-order valence-corrected chi connectivity index (χ1v) is 18.1. The molecule has 0 radical (unpaired) electrons. The molecular formula is C41H45N4O5+. The third-order valence-electron chi connectivity index (χ3n) is 11.8. The molecule has 0 spiro atoms. The summed E-state index contributed by atoms with van der Waals surface area (Å²) >= 11 is 0.